The van der Waals surface area contributed by atoms with E-state index in [0.717, 1.165) is 12.8 Å². The summed E-state index contributed by atoms with van der Waals surface area (Å²) >= 11 is 6.15. The third kappa shape index (κ3) is 4.77. The van der Waals surface area contributed by atoms with Crippen LogP contribution in [0.3, 0.4) is 0 Å². The quantitative estimate of drug-likeness (QED) is 0.699. The molecule has 154 valence electrons. The van der Waals surface area contributed by atoms with Crippen molar-refractivity contribution in [2.45, 2.75) is 24.7 Å². The molecule has 3 rings (SSSR count). The summed E-state index contributed by atoms with van der Waals surface area (Å²) in [7, 11) is -3.68. The van der Waals surface area contributed by atoms with Crippen LogP contribution in [0.5, 0.6) is 0 Å². The molecular weight excluding hydrogens is 416 g/mol. The first-order valence-corrected chi connectivity index (χ1v) is 11.0. The summed E-state index contributed by atoms with van der Waals surface area (Å²) in [5.74, 6) is -1.07. The fraction of sp³-hybridized carbons (Fsp3) is 0.300. The molecule has 0 spiro atoms. The Bertz CT molecular complexity index is 1030. The van der Waals surface area contributed by atoms with E-state index in [-0.39, 0.29) is 22.1 Å². The second kappa shape index (κ2) is 8.94. The summed E-state index contributed by atoms with van der Waals surface area (Å²) in [5, 5.41) is 2.77. The highest BCUT2D eigenvalue weighted by Crippen LogP contribution is 2.26. The lowest BCUT2D eigenvalue weighted by Gasteiger charge is -2.16. The minimum Gasteiger partial charge on any atom is -0.462 e. The molecule has 1 aliphatic heterocycles. The van der Waals surface area contributed by atoms with Crippen LogP contribution < -0.4 is 5.32 Å². The van der Waals surface area contributed by atoms with Crippen molar-refractivity contribution in [3.8, 4) is 0 Å². The van der Waals surface area contributed by atoms with E-state index in [0.29, 0.717) is 24.3 Å². The van der Waals surface area contributed by atoms with Crippen LogP contribution in [0.1, 0.15) is 40.5 Å². The van der Waals surface area contributed by atoms with E-state index in [9.17, 15) is 18.0 Å². The SMILES string of the molecule is CCOC(=O)c1cccc(NC(=O)c2cc(S(=O)(=O)N3CCCC3)ccc2Cl)c1. The van der Waals surface area contributed by atoms with E-state index < -0.39 is 21.9 Å². The Hall–Kier alpha value is -2.42. The van der Waals surface area contributed by atoms with Gasteiger partial charge in [-0.3, -0.25) is 4.79 Å². The number of carbonyl (C=O) groups is 2. The maximum absolute atomic E-state index is 12.8. The number of nitrogens with one attached hydrogen (secondary N) is 1. The smallest absolute Gasteiger partial charge is 0.338 e. The lowest BCUT2D eigenvalue weighted by Crippen LogP contribution is -2.28. The van der Waals surface area contributed by atoms with Crippen molar-refractivity contribution in [2.75, 3.05) is 25.0 Å². The Labute approximate surface area is 174 Å². The van der Waals surface area contributed by atoms with Crippen LogP contribution in [-0.4, -0.2) is 44.3 Å². The molecule has 0 bridgehead atoms. The monoisotopic (exact) mass is 436 g/mol. The largest absolute Gasteiger partial charge is 0.462 e. The standard InChI is InChI=1S/C20H21ClN2O5S/c1-2-28-20(25)14-6-5-7-15(12-14)22-19(24)17-13-16(8-9-18(17)21)29(26,27)23-10-3-4-11-23/h5-9,12-13H,2-4,10-11H2,1H3,(H,22,24). The molecule has 0 aromatic heterocycles. The number of hydrogen-bond donors (Lipinski definition) is 1. The van der Waals surface area contributed by atoms with Gasteiger partial charge in [0.15, 0.2) is 0 Å². The molecule has 0 aliphatic carbocycles. The summed E-state index contributed by atoms with van der Waals surface area (Å²) in [4.78, 5) is 24.6. The van der Waals surface area contributed by atoms with Gasteiger partial charge in [0.1, 0.15) is 0 Å². The Kier molecular flexibility index (Phi) is 6.56. The molecule has 9 heteroatoms. The van der Waals surface area contributed by atoms with E-state index in [4.69, 9.17) is 16.3 Å². The third-order valence-corrected chi connectivity index (χ3v) is 6.74. The molecule has 2 aromatic rings. The third-order valence-electron chi connectivity index (χ3n) is 4.52. The van der Waals surface area contributed by atoms with Crippen molar-refractivity contribution in [1.29, 1.82) is 0 Å². The van der Waals surface area contributed by atoms with E-state index in [1.807, 2.05) is 0 Å². The summed E-state index contributed by atoms with van der Waals surface area (Å²) in [5.41, 5.74) is 0.694. The zero-order chi connectivity index (χ0) is 21.0. The number of carbonyl (C=O) groups excluding carboxylic acids is 2. The number of hydrogen-bond acceptors (Lipinski definition) is 5. The second-order valence-electron chi connectivity index (χ2n) is 6.51. The summed E-state index contributed by atoms with van der Waals surface area (Å²) in [6.07, 6.45) is 1.63. The topological polar surface area (TPSA) is 92.8 Å². The van der Waals surface area contributed by atoms with Crippen molar-refractivity contribution < 1.29 is 22.7 Å². The molecule has 7 nitrogen and oxygen atoms in total. The van der Waals surface area contributed by atoms with Crippen LogP contribution in [-0.2, 0) is 14.8 Å². The first-order valence-electron chi connectivity index (χ1n) is 9.21. The lowest BCUT2D eigenvalue weighted by atomic mass is 10.1. The van der Waals surface area contributed by atoms with Gasteiger partial charge in [0, 0.05) is 18.8 Å². The fourth-order valence-electron chi connectivity index (χ4n) is 3.05. The Balaban J connectivity index is 1.84. The van der Waals surface area contributed by atoms with Crippen LogP contribution >= 0.6 is 11.6 Å². The number of nitrogens with zero attached hydrogens (tertiary/aromatic N) is 1. The zero-order valence-electron chi connectivity index (χ0n) is 15.9. The van der Waals surface area contributed by atoms with Gasteiger partial charge >= 0.3 is 5.97 Å². The number of amides is 1. The Morgan fingerprint density at radius 1 is 1.14 bits per heavy atom. The molecule has 29 heavy (non-hydrogen) atoms. The minimum absolute atomic E-state index is 0.0224. The maximum atomic E-state index is 12.8. The Morgan fingerprint density at radius 2 is 1.86 bits per heavy atom. The number of halogens is 1. The summed E-state index contributed by atoms with van der Waals surface area (Å²) in [6.45, 7) is 2.87. The van der Waals surface area contributed by atoms with Crippen molar-refractivity contribution in [3.63, 3.8) is 0 Å². The average molecular weight is 437 g/mol. The van der Waals surface area contributed by atoms with E-state index in [1.165, 1.54) is 28.6 Å². The predicted octanol–water partition coefficient (Wildman–Crippen LogP) is 3.55. The van der Waals surface area contributed by atoms with Gasteiger partial charge < -0.3 is 10.1 Å². The van der Waals surface area contributed by atoms with E-state index in [2.05, 4.69) is 5.32 Å². The van der Waals surface area contributed by atoms with Crippen LogP contribution in [0.25, 0.3) is 0 Å². The molecule has 0 radical (unpaired) electrons. The van der Waals surface area contributed by atoms with Gasteiger partial charge in [-0.05, 0) is 56.2 Å². The second-order valence-corrected chi connectivity index (χ2v) is 8.85. The maximum Gasteiger partial charge on any atom is 0.338 e. The normalized spacial score (nSPS) is 14.6. The van der Waals surface area contributed by atoms with Crippen LogP contribution in [0.15, 0.2) is 47.4 Å². The van der Waals surface area contributed by atoms with Gasteiger partial charge in [0.2, 0.25) is 10.0 Å². The van der Waals surface area contributed by atoms with Gasteiger partial charge in [0.25, 0.3) is 5.91 Å². The van der Waals surface area contributed by atoms with Crippen LogP contribution in [0, 0.1) is 0 Å². The molecular formula is C20H21ClN2O5S. The number of anilines is 1. The number of rotatable bonds is 6. The van der Waals surface area contributed by atoms with Crippen molar-refractivity contribution in [1.82, 2.24) is 4.31 Å². The summed E-state index contributed by atoms with van der Waals surface area (Å²) < 4.78 is 31.9. The van der Waals surface area contributed by atoms with Crippen LogP contribution in [0.4, 0.5) is 5.69 Å². The Morgan fingerprint density at radius 3 is 2.55 bits per heavy atom. The predicted molar refractivity (Wildman–Crippen MR) is 110 cm³/mol. The highest BCUT2D eigenvalue weighted by atomic mass is 35.5. The van der Waals surface area contributed by atoms with Crippen molar-refractivity contribution in [2.24, 2.45) is 0 Å². The molecule has 1 fully saturated rings. The molecule has 0 saturated carbocycles. The van der Waals surface area contributed by atoms with Gasteiger partial charge in [0.05, 0.1) is 27.7 Å². The van der Waals surface area contributed by atoms with Gasteiger partial charge in [-0.15, -0.1) is 0 Å². The first kappa shape index (κ1) is 21.3. The van der Waals surface area contributed by atoms with Gasteiger partial charge in [-0.2, -0.15) is 4.31 Å². The lowest BCUT2D eigenvalue weighted by molar-refractivity contribution is 0.0526. The number of esters is 1. The van der Waals surface area contributed by atoms with E-state index in [1.54, 1.807) is 25.1 Å². The molecule has 1 aliphatic rings. The molecule has 0 unspecified atom stereocenters. The molecule has 2 aromatic carbocycles. The first-order chi connectivity index (χ1) is 13.8. The highest BCUT2D eigenvalue weighted by molar-refractivity contribution is 7.89. The number of sulfonamides is 1. The van der Waals surface area contributed by atoms with Crippen LogP contribution in [0.2, 0.25) is 5.02 Å². The molecule has 1 heterocycles. The summed E-state index contributed by atoms with van der Waals surface area (Å²) in [6, 6.07) is 10.3. The molecule has 0 atom stereocenters. The highest BCUT2D eigenvalue weighted by Gasteiger charge is 2.28. The zero-order valence-corrected chi connectivity index (χ0v) is 17.4. The van der Waals surface area contributed by atoms with Crippen molar-refractivity contribution in [3.05, 3.63) is 58.6 Å². The average Bonchev–Trinajstić information content (AvgIpc) is 3.24. The molecule has 1 amide bonds. The molecule has 1 saturated heterocycles. The number of ether oxygens (including phenoxy) is 1. The van der Waals surface area contributed by atoms with Gasteiger partial charge in [-0.1, -0.05) is 17.7 Å². The number of benzene rings is 2. The minimum atomic E-state index is -3.68. The van der Waals surface area contributed by atoms with Gasteiger partial charge in [-0.25, -0.2) is 13.2 Å². The molecule has 1 N–H and O–H groups in total. The van der Waals surface area contributed by atoms with Crippen molar-refractivity contribution >= 4 is 39.2 Å². The van der Waals surface area contributed by atoms with E-state index >= 15 is 0 Å². The fourth-order valence-corrected chi connectivity index (χ4v) is 4.80.